The van der Waals surface area contributed by atoms with E-state index in [0.29, 0.717) is 6.54 Å². The van der Waals surface area contributed by atoms with E-state index in [-0.39, 0.29) is 33.1 Å². The van der Waals surface area contributed by atoms with E-state index >= 15 is 0 Å². The highest BCUT2D eigenvalue weighted by atomic mass is 35.5. The lowest BCUT2D eigenvalue weighted by atomic mass is 10.1. The van der Waals surface area contributed by atoms with Crippen LogP contribution in [0.2, 0.25) is 10.0 Å². The Kier molecular flexibility index (Phi) is 10.2. The van der Waals surface area contributed by atoms with Gasteiger partial charge in [0.1, 0.15) is 12.6 Å². The number of carbonyl (C=O) groups excluding carboxylic acids is 2. The first-order chi connectivity index (χ1) is 18.0. The van der Waals surface area contributed by atoms with Crippen LogP contribution in [0, 0.1) is 6.92 Å². The zero-order valence-corrected chi connectivity index (χ0v) is 23.9. The molecule has 0 saturated carbocycles. The van der Waals surface area contributed by atoms with Gasteiger partial charge in [0.15, 0.2) is 0 Å². The number of nitrogens with zero attached hydrogens (tertiary/aromatic N) is 2. The monoisotopic (exact) mass is 575 g/mol. The summed E-state index contributed by atoms with van der Waals surface area (Å²) in [5, 5.41) is 3.25. The van der Waals surface area contributed by atoms with Crippen LogP contribution in [-0.4, -0.2) is 44.3 Å². The Morgan fingerprint density at radius 1 is 0.947 bits per heavy atom. The number of halogens is 2. The number of amides is 2. The molecule has 1 N–H and O–H groups in total. The molecule has 3 aromatic carbocycles. The van der Waals surface area contributed by atoms with Gasteiger partial charge in [-0.05, 0) is 56.2 Å². The molecule has 0 spiro atoms. The Morgan fingerprint density at radius 2 is 1.55 bits per heavy atom. The van der Waals surface area contributed by atoms with Gasteiger partial charge in [0.25, 0.3) is 10.0 Å². The highest BCUT2D eigenvalue weighted by molar-refractivity contribution is 7.92. The molecule has 1 atom stereocenters. The molecule has 0 aliphatic carbocycles. The summed E-state index contributed by atoms with van der Waals surface area (Å²) >= 11 is 12.4. The van der Waals surface area contributed by atoms with Crippen LogP contribution in [-0.2, 0) is 26.2 Å². The average Bonchev–Trinajstić information content (AvgIpc) is 2.88. The Morgan fingerprint density at radius 3 is 2.13 bits per heavy atom. The van der Waals surface area contributed by atoms with E-state index in [9.17, 15) is 18.0 Å². The third-order valence-electron chi connectivity index (χ3n) is 5.94. The fourth-order valence-corrected chi connectivity index (χ4v) is 5.72. The molecule has 3 rings (SSSR count). The molecule has 7 nitrogen and oxygen atoms in total. The maximum absolute atomic E-state index is 13.8. The molecule has 0 bridgehead atoms. The van der Waals surface area contributed by atoms with Crippen molar-refractivity contribution in [3.8, 4) is 0 Å². The SMILES string of the molecule is CCCNC(=O)[C@@H](C)N(Cc1ccccc1)C(=O)CN(c1cc(Cl)cc(Cl)c1)S(=O)(=O)c1ccc(C)cc1. The quantitative estimate of drug-likeness (QED) is 0.330. The van der Waals surface area contributed by atoms with Crippen molar-refractivity contribution in [2.24, 2.45) is 0 Å². The standard InChI is InChI=1S/C28H31Cl2N3O4S/c1-4-14-31-28(35)21(3)32(18-22-8-6-5-7-9-22)27(34)19-33(25-16-23(29)15-24(30)17-25)38(36,37)26-12-10-20(2)11-13-26/h5-13,15-17,21H,4,14,18-19H2,1-3H3,(H,31,35)/t21-/m1/s1. The summed E-state index contributed by atoms with van der Waals surface area (Å²) in [6.45, 7) is 5.43. The van der Waals surface area contributed by atoms with Gasteiger partial charge in [0.2, 0.25) is 11.8 Å². The lowest BCUT2D eigenvalue weighted by Crippen LogP contribution is -2.51. The number of sulfonamides is 1. The number of hydrogen-bond acceptors (Lipinski definition) is 4. The lowest BCUT2D eigenvalue weighted by Gasteiger charge is -2.32. The van der Waals surface area contributed by atoms with E-state index in [1.807, 2.05) is 44.2 Å². The van der Waals surface area contributed by atoms with Gasteiger partial charge in [-0.2, -0.15) is 0 Å². The van der Waals surface area contributed by atoms with Gasteiger partial charge in [-0.3, -0.25) is 13.9 Å². The molecule has 0 aliphatic rings. The predicted octanol–water partition coefficient (Wildman–Crippen LogP) is 5.44. The largest absolute Gasteiger partial charge is 0.354 e. The van der Waals surface area contributed by atoms with Gasteiger partial charge in [-0.25, -0.2) is 8.42 Å². The third kappa shape index (κ3) is 7.49. The summed E-state index contributed by atoms with van der Waals surface area (Å²) in [6, 6.07) is 19.0. The number of anilines is 1. The third-order valence-corrected chi connectivity index (χ3v) is 8.16. The Balaban J connectivity index is 2.04. The van der Waals surface area contributed by atoms with Crippen LogP contribution in [0.25, 0.3) is 0 Å². The fourth-order valence-electron chi connectivity index (χ4n) is 3.81. The van der Waals surface area contributed by atoms with E-state index in [1.54, 1.807) is 19.1 Å². The molecule has 0 radical (unpaired) electrons. The maximum Gasteiger partial charge on any atom is 0.264 e. The zero-order valence-electron chi connectivity index (χ0n) is 21.5. The summed E-state index contributed by atoms with van der Waals surface area (Å²) in [6.07, 6.45) is 0.739. The van der Waals surface area contributed by atoms with Crippen molar-refractivity contribution in [1.29, 1.82) is 0 Å². The van der Waals surface area contributed by atoms with Crippen molar-refractivity contribution in [2.75, 3.05) is 17.4 Å². The second kappa shape index (κ2) is 13.1. The van der Waals surface area contributed by atoms with E-state index in [1.165, 1.54) is 35.2 Å². The summed E-state index contributed by atoms with van der Waals surface area (Å²) in [4.78, 5) is 28.1. The molecule has 202 valence electrons. The summed E-state index contributed by atoms with van der Waals surface area (Å²) in [5.74, 6) is -0.880. The van der Waals surface area contributed by atoms with Gasteiger partial charge in [0, 0.05) is 23.1 Å². The van der Waals surface area contributed by atoms with Gasteiger partial charge in [-0.1, -0.05) is 78.2 Å². The molecule has 2 amide bonds. The molecule has 0 unspecified atom stereocenters. The number of carbonyl (C=O) groups is 2. The molecular weight excluding hydrogens is 545 g/mol. The molecule has 0 fully saturated rings. The summed E-state index contributed by atoms with van der Waals surface area (Å²) < 4.78 is 28.6. The first-order valence-electron chi connectivity index (χ1n) is 12.2. The van der Waals surface area contributed by atoms with Crippen molar-refractivity contribution in [2.45, 2.75) is 44.7 Å². The lowest BCUT2D eigenvalue weighted by molar-refractivity contribution is -0.139. The van der Waals surface area contributed by atoms with Gasteiger partial charge in [0.05, 0.1) is 10.6 Å². The summed E-state index contributed by atoms with van der Waals surface area (Å²) in [7, 11) is -4.20. The summed E-state index contributed by atoms with van der Waals surface area (Å²) in [5.41, 5.74) is 1.83. The minimum Gasteiger partial charge on any atom is -0.354 e. The molecule has 38 heavy (non-hydrogen) atoms. The van der Waals surface area contributed by atoms with Gasteiger partial charge in [-0.15, -0.1) is 0 Å². The molecule has 0 heterocycles. The first-order valence-corrected chi connectivity index (χ1v) is 14.4. The van der Waals surface area contributed by atoms with E-state index in [2.05, 4.69) is 5.32 Å². The molecule has 0 aliphatic heterocycles. The zero-order chi connectivity index (χ0) is 27.9. The Bertz CT molecular complexity index is 1350. The number of hydrogen-bond donors (Lipinski definition) is 1. The van der Waals surface area contributed by atoms with Crippen LogP contribution in [0.3, 0.4) is 0 Å². The maximum atomic E-state index is 13.8. The normalized spacial score (nSPS) is 12.0. The fraction of sp³-hybridized carbons (Fsp3) is 0.286. The molecule has 0 aromatic heterocycles. The van der Waals surface area contributed by atoms with E-state index in [0.717, 1.165) is 21.9 Å². The number of benzene rings is 3. The van der Waals surface area contributed by atoms with Crippen molar-refractivity contribution in [3.05, 3.63) is 94.0 Å². The average molecular weight is 577 g/mol. The van der Waals surface area contributed by atoms with Crippen molar-refractivity contribution in [1.82, 2.24) is 10.2 Å². The van der Waals surface area contributed by atoms with Gasteiger partial charge >= 0.3 is 0 Å². The number of nitrogens with one attached hydrogen (secondary N) is 1. The minimum absolute atomic E-state index is 0.00958. The van der Waals surface area contributed by atoms with Gasteiger partial charge < -0.3 is 10.2 Å². The van der Waals surface area contributed by atoms with Crippen molar-refractivity contribution < 1.29 is 18.0 Å². The molecular formula is C28H31Cl2N3O4S. The highest BCUT2D eigenvalue weighted by Gasteiger charge is 2.32. The Hall–Kier alpha value is -3.07. The highest BCUT2D eigenvalue weighted by Crippen LogP contribution is 2.30. The van der Waals surface area contributed by atoms with Crippen LogP contribution in [0.1, 0.15) is 31.4 Å². The van der Waals surface area contributed by atoms with E-state index < -0.39 is 28.5 Å². The second-order valence-corrected chi connectivity index (χ2v) is 11.7. The van der Waals surface area contributed by atoms with Crippen molar-refractivity contribution >= 4 is 50.7 Å². The second-order valence-electron chi connectivity index (χ2n) is 8.93. The minimum atomic E-state index is -4.20. The van der Waals surface area contributed by atoms with Crippen molar-refractivity contribution in [3.63, 3.8) is 0 Å². The number of rotatable bonds is 11. The Labute approximate surface area is 234 Å². The number of aryl methyl sites for hydroxylation is 1. The molecule has 10 heteroatoms. The first kappa shape index (κ1) is 29.5. The molecule has 3 aromatic rings. The molecule has 0 saturated heterocycles. The van der Waals surface area contributed by atoms with Crippen LogP contribution >= 0.6 is 23.2 Å². The van der Waals surface area contributed by atoms with Crippen LogP contribution < -0.4 is 9.62 Å². The van der Waals surface area contributed by atoms with Crippen LogP contribution in [0.5, 0.6) is 0 Å². The van der Waals surface area contributed by atoms with Crippen LogP contribution in [0.4, 0.5) is 5.69 Å². The topological polar surface area (TPSA) is 86.8 Å². The smallest absolute Gasteiger partial charge is 0.264 e. The van der Waals surface area contributed by atoms with E-state index in [4.69, 9.17) is 23.2 Å². The van der Waals surface area contributed by atoms with Crippen LogP contribution in [0.15, 0.2) is 77.7 Å². The predicted molar refractivity (Wildman–Crippen MR) is 152 cm³/mol.